The van der Waals surface area contributed by atoms with E-state index in [0.717, 1.165) is 49.3 Å². The molecule has 0 aromatic heterocycles. The SMILES string of the molecule is NC(=NCCN1CCSCC1)Nc1cc(F)ccc1F. The second kappa shape index (κ2) is 7.44. The number of benzene rings is 1. The van der Waals surface area contributed by atoms with E-state index in [9.17, 15) is 8.78 Å². The minimum Gasteiger partial charge on any atom is -0.370 e. The Bertz CT molecular complexity index is 475. The van der Waals surface area contributed by atoms with Crippen molar-refractivity contribution in [2.24, 2.45) is 10.7 Å². The fraction of sp³-hybridized carbons (Fsp3) is 0.462. The molecular weight excluding hydrogens is 282 g/mol. The van der Waals surface area contributed by atoms with Crippen LogP contribution in [-0.2, 0) is 0 Å². The highest BCUT2D eigenvalue weighted by Gasteiger charge is 2.09. The van der Waals surface area contributed by atoms with Crippen molar-refractivity contribution in [3.8, 4) is 0 Å². The van der Waals surface area contributed by atoms with Crippen molar-refractivity contribution in [2.45, 2.75) is 0 Å². The first-order valence-corrected chi connectivity index (χ1v) is 7.63. The Balaban J connectivity index is 1.82. The lowest BCUT2D eigenvalue weighted by Crippen LogP contribution is -2.35. The van der Waals surface area contributed by atoms with Gasteiger partial charge in [0.15, 0.2) is 5.96 Å². The molecule has 0 spiro atoms. The molecule has 1 aromatic rings. The number of guanidine groups is 1. The quantitative estimate of drug-likeness (QED) is 0.657. The minimum absolute atomic E-state index is 0.000576. The molecule has 1 aromatic carbocycles. The third-order valence-corrected chi connectivity index (χ3v) is 3.94. The largest absolute Gasteiger partial charge is 0.370 e. The molecule has 7 heteroatoms. The van der Waals surface area contributed by atoms with Crippen molar-refractivity contribution in [1.29, 1.82) is 0 Å². The summed E-state index contributed by atoms with van der Waals surface area (Å²) in [7, 11) is 0. The smallest absolute Gasteiger partial charge is 0.193 e. The van der Waals surface area contributed by atoms with Crippen LogP contribution in [0.25, 0.3) is 0 Å². The van der Waals surface area contributed by atoms with Crippen molar-refractivity contribution >= 4 is 23.4 Å². The summed E-state index contributed by atoms with van der Waals surface area (Å²) in [6, 6.07) is 3.16. The lowest BCUT2D eigenvalue weighted by Gasteiger charge is -2.25. The van der Waals surface area contributed by atoms with Crippen LogP contribution in [0.4, 0.5) is 14.5 Å². The molecule has 20 heavy (non-hydrogen) atoms. The van der Waals surface area contributed by atoms with Gasteiger partial charge >= 0.3 is 0 Å². The van der Waals surface area contributed by atoms with Crippen molar-refractivity contribution in [3.05, 3.63) is 29.8 Å². The summed E-state index contributed by atoms with van der Waals surface area (Å²) in [6.45, 7) is 3.49. The zero-order chi connectivity index (χ0) is 14.4. The first-order valence-electron chi connectivity index (χ1n) is 6.47. The van der Waals surface area contributed by atoms with E-state index in [-0.39, 0.29) is 11.6 Å². The Morgan fingerprint density at radius 2 is 2.10 bits per heavy atom. The van der Waals surface area contributed by atoms with E-state index in [1.807, 2.05) is 11.8 Å². The fourth-order valence-corrected chi connectivity index (χ4v) is 2.89. The Labute approximate surface area is 121 Å². The Morgan fingerprint density at radius 3 is 2.85 bits per heavy atom. The number of rotatable bonds is 4. The number of aliphatic imine (C=N–C) groups is 1. The maximum absolute atomic E-state index is 13.4. The highest BCUT2D eigenvalue weighted by atomic mass is 32.2. The Hall–Kier alpha value is -1.34. The van der Waals surface area contributed by atoms with Crippen LogP contribution in [-0.4, -0.2) is 48.5 Å². The van der Waals surface area contributed by atoms with Gasteiger partial charge in [0.05, 0.1) is 12.2 Å². The van der Waals surface area contributed by atoms with Crippen LogP contribution in [0, 0.1) is 11.6 Å². The van der Waals surface area contributed by atoms with Crippen molar-refractivity contribution in [3.63, 3.8) is 0 Å². The van der Waals surface area contributed by atoms with Crippen LogP contribution in [0.1, 0.15) is 0 Å². The van der Waals surface area contributed by atoms with E-state index in [4.69, 9.17) is 5.73 Å². The molecule has 0 bridgehead atoms. The van der Waals surface area contributed by atoms with E-state index in [0.29, 0.717) is 6.54 Å². The van der Waals surface area contributed by atoms with E-state index in [2.05, 4.69) is 15.2 Å². The average molecular weight is 300 g/mol. The number of anilines is 1. The van der Waals surface area contributed by atoms with Gasteiger partial charge in [0, 0.05) is 37.2 Å². The zero-order valence-electron chi connectivity index (χ0n) is 11.1. The second-order valence-electron chi connectivity index (χ2n) is 4.47. The summed E-state index contributed by atoms with van der Waals surface area (Å²) in [4.78, 5) is 6.45. The molecule has 0 unspecified atom stereocenters. The highest BCUT2D eigenvalue weighted by Crippen LogP contribution is 2.14. The number of thioether (sulfide) groups is 1. The molecular formula is C13H18F2N4S. The predicted molar refractivity (Wildman–Crippen MR) is 80.2 cm³/mol. The Kier molecular flexibility index (Phi) is 5.60. The number of nitrogens with two attached hydrogens (primary N) is 1. The molecule has 1 fully saturated rings. The number of hydrogen-bond donors (Lipinski definition) is 2. The molecule has 0 aliphatic carbocycles. The number of nitrogens with one attached hydrogen (secondary N) is 1. The van der Waals surface area contributed by atoms with Crippen LogP contribution in [0.3, 0.4) is 0 Å². The monoisotopic (exact) mass is 300 g/mol. The molecule has 0 radical (unpaired) electrons. The zero-order valence-corrected chi connectivity index (χ0v) is 11.9. The summed E-state index contributed by atoms with van der Waals surface area (Å²) in [5.41, 5.74) is 5.67. The number of nitrogens with zero attached hydrogens (tertiary/aromatic N) is 2. The van der Waals surface area contributed by atoms with Gasteiger partial charge in [-0.05, 0) is 12.1 Å². The van der Waals surface area contributed by atoms with Gasteiger partial charge < -0.3 is 11.1 Å². The standard InChI is InChI=1S/C13H18F2N4S/c14-10-1-2-11(15)12(9-10)18-13(16)17-3-4-19-5-7-20-8-6-19/h1-2,9H,3-8H2,(H3,16,17,18). The molecule has 0 atom stereocenters. The summed E-state index contributed by atoms with van der Waals surface area (Å²) < 4.78 is 26.4. The lowest BCUT2D eigenvalue weighted by molar-refractivity contribution is 0.311. The molecule has 0 saturated carbocycles. The van der Waals surface area contributed by atoms with Gasteiger partial charge in [-0.25, -0.2) is 8.78 Å². The first-order chi connectivity index (χ1) is 9.65. The molecule has 1 heterocycles. The van der Waals surface area contributed by atoms with Gasteiger partial charge in [0.25, 0.3) is 0 Å². The summed E-state index contributed by atoms with van der Waals surface area (Å²) in [5, 5.41) is 2.58. The molecule has 1 saturated heterocycles. The maximum atomic E-state index is 13.4. The maximum Gasteiger partial charge on any atom is 0.193 e. The highest BCUT2D eigenvalue weighted by molar-refractivity contribution is 7.99. The van der Waals surface area contributed by atoms with Crippen molar-refractivity contribution in [2.75, 3.05) is 43.0 Å². The number of halogens is 2. The van der Waals surface area contributed by atoms with Crippen LogP contribution >= 0.6 is 11.8 Å². The lowest BCUT2D eigenvalue weighted by atomic mass is 10.3. The molecule has 1 aliphatic heterocycles. The fourth-order valence-electron chi connectivity index (χ4n) is 1.91. The molecule has 2 rings (SSSR count). The van der Waals surface area contributed by atoms with Crippen molar-refractivity contribution < 1.29 is 8.78 Å². The van der Waals surface area contributed by atoms with E-state index in [1.54, 1.807) is 0 Å². The normalized spacial score (nSPS) is 17.2. The topological polar surface area (TPSA) is 53.6 Å². The molecule has 4 nitrogen and oxygen atoms in total. The average Bonchev–Trinajstić information content (AvgIpc) is 2.44. The third kappa shape index (κ3) is 4.64. The minimum atomic E-state index is -0.558. The van der Waals surface area contributed by atoms with E-state index >= 15 is 0 Å². The van der Waals surface area contributed by atoms with Crippen LogP contribution in [0.15, 0.2) is 23.2 Å². The predicted octanol–water partition coefficient (Wildman–Crippen LogP) is 1.74. The number of hydrogen-bond acceptors (Lipinski definition) is 3. The second-order valence-corrected chi connectivity index (χ2v) is 5.69. The van der Waals surface area contributed by atoms with Gasteiger partial charge in [-0.1, -0.05) is 0 Å². The van der Waals surface area contributed by atoms with Gasteiger partial charge in [-0.3, -0.25) is 9.89 Å². The Morgan fingerprint density at radius 1 is 1.35 bits per heavy atom. The van der Waals surface area contributed by atoms with Gasteiger partial charge in [0.2, 0.25) is 0 Å². The van der Waals surface area contributed by atoms with Crippen LogP contribution < -0.4 is 11.1 Å². The van der Waals surface area contributed by atoms with Crippen molar-refractivity contribution in [1.82, 2.24) is 4.90 Å². The van der Waals surface area contributed by atoms with E-state index in [1.165, 1.54) is 0 Å². The molecule has 1 aliphatic rings. The first kappa shape index (κ1) is 15.1. The van der Waals surface area contributed by atoms with Crippen LogP contribution in [0.2, 0.25) is 0 Å². The van der Waals surface area contributed by atoms with Gasteiger partial charge in [-0.2, -0.15) is 11.8 Å². The third-order valence-electron chi connectivity index (χ3n) is 2.99. The molecule has 110 valence electrons. The molecule has 0 amide bonds. The summed E-state index contributed by atoms with van der Waals surface area (Å²) >= 11 is 1.95. The van der Waals surface area contributed by atoms with Crippen LogP contribution in [0.5, 0.6) is 0 Å². The summed E-state index contributed by atoms with van der Waals surface area (Å²) in [6.07, 6.45) is 0. The van der Waals surface area contributed by atoms with Gasteiger partial charge in [-0.15, -0.1) is 0 Å². The van der Waals surface area contributed by atoms with Gasteiger partial charge in [0.1, 0.15) is 11.6 Å². The molecule has 3 N–H and O–H groups in total. The van der Waals surface area contributed by atoms with E-state index < -0.39 is 11.6 Å². The summed E-state index contributed by atoms with van der Waals surface area (Å²) in [5.74, 6) is 1.31.